The number of fused-ring (bicyclic) bond motifs is 1. The van der Waals surface area contributed by atoms with E-state index < -0.39 is 0 Å². The summed E-state index contributed by atoms with van der Waals surface area (Å²) in [6, 6.07) is 15.5. The average Bonchev–Trinajstić information content (AvgIpc) is 3.13. The second-order valence-electron chi connectivity index (χ2n) is 6.90. The van der Waals surface area contributed by atoms with Crippen molar-refractivity contribution in [3.63, 3.8) is 0 Å². The first-order chi connectivity index (χ1) is 15.0. The van der Waals surface area contributed by atoms with Crippen molar-refractivity contribution < 1.29 is 13.9 Å². The Bertz CT molecular complexity index is 1270. The molecule has 0 saturated carbocycles. The van der Waals surface area contributed by atoms with E-state index in [0.717, 1.165) is 16.8 Å². The van der Waals surface area contributed by atoms with Crippen LogP contribution in [0, 0.1) is 5.82 Å². The highest BCUT2D eigenvalue weighted by Crippen LogP contribution is 2.35. The topological polar surface area (TPSA) is 79.1 Å². The summed E-state index contributed by atoms with van der Waals surface area (Å²) in [7, 11) is 0. The van der Waals surface area contributed by atoms with Gasteiger partial charge in [-0.15, -0.1) is 0 Å². The van der Waals surface area contributed by atoms with Gasteiger partial charge in [0.15, 0.2) is 11.5 Å². The van der Waals surface area contributed by atoms with Crippen LogP contribution in [0.3, 0.4) is 0 Å². The van der Waals surface area contributed by atoms with Crippen molar-refractivity contribution in [1.82, 2.24) is 9.97 Å². The number of benzene rings is 3. The summed E-state index contributed by atoms with van der Waals surface area (Å²) in [6.07, 6.45) is 0. The van der Waals surface area contributed by atoms with Crippen LogP contribution in [0.4, 0.5) is 10.1 Å². The van der Waals surface area contributed by atoms with Gasteiger partial charge in [0.05, 0.1) is 17.6 Å². The Labute approximate surface area is 183 Å². The number of nitrogens with one attached hydrogen (secondary N) is 3. The maximum atomic E-state index is 13.9. The van der Waals surface area contributed by atoms with Gasteiger partial charge in [0, 0.05) is 28.9 Å². The molecule has 4 aromatic rings. The van der Waals surface area contributed by atoms with Crippen LogP contribution in [0.15, 0.2) is 59.4 Å². The SMILES string of the molecule is CCOc1cc(CNc2ccc3[nH]c(=O)[nH]c3c2)c(Cl)cc1OCc1ccccc1F. The van der Waals surface area contributed by atoms with Crippen molar-refractivity contribution >= 4 is 28.3 Å². The van der Waals surface area contributed by atoms with Gasteiger partial charge in [-0.1, -0.05) is 29.8 Å². The van der Waals surface area contributed by atoms with E-state index in [1.165, 1.54) is 6.07 Å². The lowest BCUT2D eigenvalue weighted by atomic mass is 10.1. The third-order valence-corrected chi connectivity index (χ3v) is 5.10. The van der Waals surface area contributed by atoms with E-state index in [4.69, 9.17) is 21.1 Å². The Morgan fingerprint density at radius 3 is 2.55 bits per heavy atom. The smallest absolute Gasteiger partial charge is 0.323 e. The summed E-state index contributed by atoms with van der Waals surface area (Å²) in [6.45, 7) is 2.82. The lowest BCUT2D eigenvalue weighted by Gasteiger charge is -2.16. The summed E-state index contributed by atoms with van der Waals surface area (Å²) in [4.78, 5) is 16.9. The highest BCUT2D eigenvalue weighted by atomic mass is 35.5. The van der Waals surface area contributed by atoms with Gasteiger partial charge in [0.2, 0.25) is 0 Å². The van der Waals surface area contributed by atoms with Gasteiger partial charge in [0.25, 0.3) is 0 Å². The number of rotatable bonds is 8. The number of halogens is 2. The quantitative estimate of drug-likeness (QED) is 0.349. The number of aromatic amines is 2. The molecule has 0 unspecified atom stereocenters. The van der Waals surface area contributed by atoms with Gasteiger partial charge in [-0.25, -0.2) is 9.18 Å². The maximum Gasteiger partial charge on any atom is 0.323 e. The van der Waals surface area contributed by atoms with Crippen molar-refractivity contribution in [3.8, 4) is 11.5 Å². The summed E-state index contributed by atoms with van der Waals surface area (Å²) in [5, 5.41) is 3.79. The van der Waals surface area contributed by atoms with Gasteiger partial charge in [-0.2, -0.15) is 0 Å². The average molecular weight is 442 g/mol. The fourth-order valence-electron chi connectivity index (χ4n) is 3.20. The second kappa shape index (κ2) is 9.14. The molecule has 8 heteroatoms. The van der Waals surface area contributed by atoms with E-state index in [2.05, 4.69) is 15.3 Å². The summed E-state index contributed by atoms with van der Waals surface area (Å²) in [5.41, 5.74) is 3.30. The standard InChI is InChI=1S/C23H21ClFN3O3/c1-2-30-21-9-15(12-26-16-7-8-19-20(10-16)28-23(29)27-19)17(24)11-22(21)31-13-14-5-3-4-6-18(14)25/h3-11,26H,2,12-13H2,1H3,(H2,27,28,29). The van der Waals surface area contributed by atoms with Crippen molar-refractivity contribution in [2.75, 3.05) is 11.9 Å². The van der Waals surface area contributed by atoms with E-state index in [-0.39, 0.29) is 18.1 Å². The number of aromatic nitrogens is 2. The normalized spacial score (nSPS) is 10.9. The summed E-state index contributed by atoms with van der Waals surface area (Å²) >= 11 is 6.48. The number of H-pyrrole nitrogens is 2. The highest BCUT2D eigenvalue weighted by Gasteiger charge is 2.13. The molecule has 0 aliphatic rings. The summed E-state index contributed by atoms with van der Waals surface area (Å²) in [5.74, 6) is 0.656. The molecule has 4 rings (SSSR count). The van der Waals surface area contributed by atoms with Crippen LogP contribution in [0.2, 0.25) is 5.02 Å². The molecule has 0 spiro atoms. The van der Waals surface area contributed by atoms with Crippen molar-refractivity contribution in [3.05, 3.63) is 87.0 Å². The minimum Gasteiger partial charge on any atom is -0.490 e. The van der Waals surface area contributed by atoms with Gasteiger partial charge in [-0.3, -0.25) is 0 Å². The number of anilines is 1. The zero-order valence-electron chi connectivity index (χ0n) is 16.8. The molecule has 0 fully saturated rings. The molecule has 0 saturated heterocycles. The number of imidazole rings is 1. The van der Waals surface area contributed by atoms with E-state index in [1.807, 2.05) is 31.2 Å². The fraction of sp³-hybridized carbons (Fsp3) is 0.174. The highest BCUT2D eigenvalue weighted by molar-refractivity contribution is 6.31. The monoisotopic (exact) mass is 441 g/mol. The maximum absolute atomic E-state index is 13.9. The van der Waals surface area contributed by atoms with Crippen LogP contribution in [0.1, 0.15) is 18.1 Å². The van der Waals surface area contributed by atoms with Crippen LogP contribution >= 0.6 is 11.6 Å². The van der Waals surface area contributed by atoms with E-state index in [0.29, 0.717) is 40.8 Å². The fourth-order valence-corrected chi connectivity index (χ4v) is 3.43. The Kier molecular flexibility index (Phi) is 6.13. The van der Waals surface area contributed by atoms with Crippen LogP contribution < -0.4 is 20.5 Å². The van der Waals surface area contributed by atoms with Gasteiger partial charge < -0.3 is 24.8 Å². The molecule has 1 aromatic heterocycles. The molecule has 3 aromatic carbocycles. The van der Waals surface area contributed by atoms with Crippen molar-refractivity contribution in [2.24, 2.45) is 0 Å². The van der Waals surface area contributed by atoms with Gasteiger partial charge in [0.1, 0.15) is 12.4 Å². The van der Waals surface area contributed by atoms with Crippen LogP contribution in [0.25, 0.3) is 11.0 Å². The van der Waals surface area contributed by atoms with E-state index in [9.17, 15) is 9.18 Å². The first kappa shape index (κ1) is 20.8. The third kappa shape index (κ3) is 4.83. The molecule has 0 bridgehead atoms. The minimum absolute atomic E-state index is 0.0650. The molecule has 3 N–H and O–H groups in total. The largest absolute Gasteiger partial charge is 0.490 e. The Hall–Kier alpha value is -3.45. The number of hydrogen-bond donors (Lipinski definition) is 3. The molecule has 0 amide bonds. The zero-order chi connectivity index (χ0) is 21.8. The lowest BCUT2D eigenvalue weighted by Crippen LogP contribution is -2.04. The molecule has 6 nitrogen and oxygen atoms in total. The van der Waals surface area contributed by atoms with Crippen molar-refractivity contribution in [2.45, 2.75) is 20.1 Å². The van der Waals surface area contributed by atoms with Crippen molar-refractivity contribution in [1.29, 1.82) is 0 Å². The Morgan fingerprint density at radius 1 is 0.968 bits per heavy atom. The number of ether oxygens (including phenoxy) is 2. The molecule has 160 valence electrons. The van der Waals surface area contributed by atoms with Gasteiger partial charge in [-0.05, 0) is 42.8 Å². The second-order valence-corrected chi connectivity index (χ2v) is 7.30. The molecule has 0 aliphatic carbocycles. The van der Waals surface area contributed by atoms with Crippen LogP contribution in [-0.4, -0.2) is 16.6 Å². The molecule has 0 radical (unpaired) electrons. The predicted molar refractivity (Wildman–Crippen MR) is 120 cm³/mol. The zero-order valence-corrected chi connectivity index (χ0v) is 17.6. The van der Waals surface area contributed by atoms with Crippen LogP contribution in [0.5, 0.6) is 11.5 Å². The number of hydrogen-bond acceptors (Lipinski definition) is 4. The molecule has 1 heterocycles. The first-order valence-electron chi connectivity index (χ1n) is 9.81. The molecular formula is C23H21ClFN3O3. The molecule has 0 atom stereocenters. The molecule has 31 heavy (non-hydrogen) atoms. The first-order valence-corrected chi connectivity index (χ1v) is 10.2. The summed E-state index contributed by atoms with van der Waals surface area (Å²) < 4.78 is 25.4. The molecular weight excluding hydrogens is 421 g/mol. The predicted octanol–water partition coefficient (Wildman–Crippen LogP) is 5.24. The van der Waals surface area contributed by atoms with E-state index >= 15 is 0 Å². The van der Waals surface area contributed by atoms with Crippen LogP contribution in [-0.2, 0) is 13.2 Å². The lowest BCUT2D eigenvalue weighted by molar-refractivity contribution is 0.265. The minimum atomic E-state index is -0.326. The molecule has 0 aliphatic heterocycles. The third-order valence-electron chi connectivity index (χ3n) is 4.75. The Morgan fingerprint density at radius 2 is 1.74 bits per heavy atom. The Balaban J connectivity index is 1.51. The van der Waals surface area contributed by atoms with E-state index in [1.54, 1.807) is 24.3 Å². The van der Waals surface area contributed by atoms with Gasteiger partial charge >= 0.3 is 5.69 Å².